The zero-order valence-corrected chi connectivity index (χ0v) is 12.9. The summed E-state index contributed by atoms with van der Waals surface area (Å²) in [6, 6.07) is 3.37. The number of aryl methyl sites for hydroxylation is 2. The van der Waals surface area contributed by atoms with Gasteiger partial charge in [-0.25, -0.2) is 4.79 Å². The summed E-state index contributed by atoms with van der Waals surface area (Å²) in [7, 11) is 0. The van der Waals surface area contributed by atoms with Gasteiger partial charge in [0.1, 0.15) is 5.69 Å². The lowest BCUT2D eigenvalue weighted by molar-refractivity contribution is -0.384. The highest BCUT2D eigenvalue weighted by atomic mass is 16.6. The van der Waals surface area contributed by atoms with Gasteiger partial charge in [0.2, 0.25) is 0 Å². The molecule has 1 fully saturated rings. The highest BCUT2D eigenvalue weighted by Crippen LogP contribution is 2.34. The van der Waals surface area contributed by atoms with E-state index in [0.29, 0.717) is 24.3 Å². The van der Waals surface area contributed by atoms with E-state index in [0.717, 1.165) is 31.4 Å². The van der Waals surface area contributed by atoms with E-state index in [1.165, 1.54) is 0 Å². The molecular weight excluding hydrogens is 284 g/mol. The molecule has 3 rings (SSSR count). The third-order valence-corrected chi connectivity index (χ3v) is 4.39. The van der Waals surface area contributed by atoms with Crippen LogP contribution in [-0.2, 0) is 13.1 Å². The highest BCUT2D eigenvalue weighted by molar-refractivity contribution is 5.86. The van der Waals surface area contributed by atoms with Crippen LogP contribution in [0.15, 0.2) is 16.9 Å². The molecule has 1 aliphatic heterocycles. The number of rotatable bonds is 4. The fourth-order valence-electron chi connectivity index (χ4n) is 3.31. The van der Waals surface area contributed by atoms with Crippen molar-refractivity contribution in [1.82, 2.24) is 9.13 Å². The van der Waals surface area contributed by atoms with Gasteiger partial charge in [0.05, 0.1) is 16.0 Å². The van der Waals surface area contributed by atoms with E-state index >= 15 is 0 Å². The van der Waals surface area contributed by atoms with Crippen LogP contribution in [0.3, 0.4) is 0 Å². The van der Waals surface area contributed by atoms with Crippen LogP contribution in [-0.4, -0.2) is 27.1 Å². The second-order valence-corrected chi connectivity index (χ2v) is 5.55. The Kier molecular flexibility index (Phi) is 3.64. The van der Waals surface area contributed by atoms with Crippen molar-refractivity contribution in [2.24, 2.45) is 0 Å². The highest BCUT2D eigenvalue weighted by Gasteiger charge is 2.25. The van der Waals surface area contributed by atoms with Gasteiger partial charge in [-0.3, -0.25) is 19.2 Å². The van der Waals surface area contributed by atoms with Crippen molar-refractivity contribution < 1.29 is 4.92 Å². The van der Waals surface area contributed by atoms with E-state index in [2.05, 4.69) is 0 Å². The minimum Gasteiger partial charge on any atom is -0.366 e. The standard InChI is InChI=1S/C15H20N4O3/c1-3-17-12-9-11(16-7-5-6-8-16)14(19(21)22)10-13(12)18(4-2)15(17)20/h9-10H,3-8H2,1-2H3. The summed E-state index contributed by atoms with van der Waals surface area (Å²) < 4.78 is 3.28. The number of nitro groups is 1. The van der Waals surface area contributed by atoms with Crippen LogP contribution in [0.2, 0.25) is 0 Å². The number of nitrogens with zero attached hydrogens (tertiary/aromatic N) is 4. The Morgan fingerprint density at radius 2 is 1.64 bits per heavy atom. The van der Waals surface area contributed by atoms with Gasteiger partial charge in [-0.1, -0.05) is 0 Å². The van der Waals surface area contributed by atoms with Crippen LogP contribution in [0.4, 0.5) is 11.4 Å². The molecule has 2 aromatic rings. The molecular formula is C15H20N4O3. The minimum atomic E-state index is -0.346. The maximum Gasteiger partial charge on any atom is 0.329 e. The lowest BCUT2D eigenvalue weighted by atomic mass is 10.2. The van der Waals surface area contributed by atoms with Gasteiger partial charge in [-0.05, 0) is 32.8 Å². The molecule has 1 aromatic heterocycles. The van der Waals surface area contributed by atoms with Crippen molar-refractivity contribution in [3.8, 4) is 0 Å². The maximum atomic E-state index is 12.4. The average molecular weight is 304 g/mol. The van der Waals surface area contributed by atoms with Crippen LogP contribution >= 0.6 is 0 Å². The molecule has 0 amide bonds. The van der Waals surface area contributed by atoms with E-state index in [4.69, 9.17) is 0 Å². The van der Waals surface area contributed by atoms with E-state index in [1.54, 1.807) is 15.2 Å². The van der Waals surface area contributed by atoms with Gasteiger partial charge >= 0.3 is 5.69 Å². The molecule has 7 heteroatoms. The largest absolute Gasteiger partial charge is 0.366 e. The number of fused-ring (bicyclic) bond motifs is 1. The van der Waals surface area contributed by atoms with Crippen molar-refractivity contribution in [3.05, 3.63) is 32.7 Å². The van der Waals surface area contributed by atoms with E-state index in [1.807, 2.05) is 24.8 Å². The number of nitro benzene ring substituents is 1. The van der Waals surface area contributed by atoms with Crippen LogP contribution in [0.5, 0.6) is 0 Å². The zero-order valence-electron chi connectivity index (χ0n) is 12.9. The van der Waals surface area contributed by atoms with Crippen LogP contribution in [0.1, 0.15) is 26.7 Å². The molecule has 118 valence electrons. The Labute approximate surface area is 127 Å². The molecule has 1 aromatic carbocycles. The molecule has 0 N–H and O–H groups in total. The van der Waals surface area contributed by atoms with E-state index in [9.17, 15) is 14.9 Å². The monoisotopic (exact) mass is 304 g/mol. The van der Waals surface area contributed by atoms with Gasteiger partial charge in [0.25, 0.3) is 5.69 Å². The Balaban J connectivity index is 2.33. The first-order chi connectivity index (χ1) is 10.6. The number of anilines is 1. The van der Waals surface area contributed by atoms with Crippen molar-refractivity contribution >= 4 is 22.4 Å². The average Bonchev–Trinajstić information content (AvgIpc) is 3.10. The zero-order chi connectivity index (χ0) is 15.9. The molecule has 0 radical (unpaired) electrons. The Hall–Kier alpha value is -2.31. The number of benzene rings is 1. The second kappa shape index (κ2) is 5.47. The SMILES string of the molecule is CCn1c(=O)n(CC)c2cc([N+](=O)[O-])c(N3CCCC3)cc21. The molecule has 2 heterocycles. The summed E-state index contributed by atoms with van der Waals surface area (Å²) in [6.45, 7) is 6.51. The van der Waals surface area contributed by atoms with Crippen molar-refractivity contribution in [3.63, 3.8) is 0 Å². The second-order valence-electron chi connectivity index (χ2n) is 5.55. The molecule has 0 saturated carbocycles. The molecule has 0 spiro atoms. The smallest absolute Gasteiger partial charge is 0.329 e. The summed E-state index contributed by atoms with van der Waals surface area (Å²) in [4.78, 5) is 25.6. The van der Waals surface area contributed by atoms with Gasteiger partial charge in [-0.2, -0.15) is 0 Å². The van der Waals surface area contributed by atoms with Gasteiger partial charge in [0.15, 0.2) is 0 Å². The van der Waals surface area contributed by atoms with Crippen LogP contribution in [0.25, 0.3) is 11.0 Å². The molecule has 0 bridgehead atoms. The summed E-state index contributed by atoms with van der Waals surface area (Å²) in [6.07, 6.45) is 2.09. The summed E-state index contributed by atoms with van der Waals surface area (Å²) in [5.74, 6) is 0. The summed E-state index contributed by atoms with van der Waals surface area (Å²) in [5, 5.41) is 11.5. The van der Waals surface area contributed by atoms with Gasteiger partial charge < -0.3 is 4.90 Å². The third kappa shape index (κ3) is 2.08. The molecule has 22 heavy (non-hydrogen) atoms. The Morgan fingerprint density at radius 1 is 1.09 bits per heavy atom. The van der Waals surface area contributed by atoms with Gasteiger partial charge in [0, 0.05) is 32.2 Å². The number of hydrogen-bond acceptors (Lipinski definition) is 4. The normalized spacial score (nSPS) is 14.9. The first-order valence-electron chi connectivity index (χ1n) is 7.74. The Morgan fingerprint density at radius 3 is 2.14 bits per heavy atom. The van der Waals surface area contributed by atoms with Crippen molar-refractivity contribution in [1.29, 1.82) is 0 Å². The first kappa shape index (κ1) is 14.6. The fourth-order valence-corrected chi connectivity index (χ4v) is 3.31. The molecule has 0 atom stereocenters. The lowest BCUT2D eigenvalue weighted by Gasteiger charge is -2.17. The number of hydrogen-bond donors (Lipinski definition) is 0. The summed E-state index contributed by atoms with van der Waals surface area (Å²) >= 11 is 0. The quantitative estimate of drug-likeness (QED) is 0.642. The van der Waals surface area contributed by atoms with E-state index in [-0.39, 0.29) is 16.3 Å². The lowest BCUT2D eigenvalue weighted by Crippen LogP contribution is -2.23. The predicted molar refractivity (Wildman–Crippen MR) is 85.6 cm³/mol. The minimum absolute atomic E-state index is 0.0878. The maximum absolute atomic E-state index is 12.4. The topological polar surface area (TPSA) is 73.3 Å². The number of imidazole rings is 1. The summed E-state index contributed by atoms with van der Waals surface area (Å²) in [5.41, 5.74) is 2.04. The first-order valence-corrected chi connectivity index (χ1v) is 7.74. The molecule has 7 nitrogen and oxygen atoms in total. The van der Waals surface area contributed by atoms with Crippen molar-refractivity contribution in [2.45, 2.75) is 39.8 Å². The van der Waals surface area contributed by atoms with E-state index < -0.39 is 0 Å². The molecule has 0 aliphatic carbocycles. The number of aromatic nitrogens is 2. The fraction of sp³-hybridized carbons (Fsp3) is 0.533. The van der Waals surface area contributed by atoms with Gasteiger partial charge in [-0.15, -0.1) is 0 Å². The van der Waals surface area contributed by atoms with Crippen molar-refractivity contribution in [2.75, 3.05) is 18.0 Å². The third-order valence-electron chi connectivity index (χ3n) is 4.39. The van der Waals surface area contributed by atoms with Crippen LogP contribution < -0.4 is 10.6 Å². The molecule has 1 saturated heterocycles. The molecule has 1 aliphatic rings. The Bertz CT molecular complexity index is 784. The molecule has 0 unspecified atom stereocenters. The predicted octanol–water partition coefficient (Wildman–Crippen LogP) is 2.35. The van der Waals surface area contributed by atoms with Crippen LogP contribution in [0, 0.1) is 10.1 Å².